The average Bonchev–Trinajstić information content (AvgIpc) is 2.79. The van der Waals surface area contributed by atoms with Crippen LogP contribution in [-0.2, 0) is 11.2 Å². The highest BCUT2D eigenvalue weighted by Crippen LogP contribution is 2.31. The van der Waals surface area contributed by atoms with Crippen LogP contribution in [0.3, 0.4) is 0 Å². The minimum absolute atomic E-state index is 0.0306. The largest absolute Gasteiger partial charge is 0.326 e. The molecular weight excluding hydrogens is 387 g/mol. The Morgan fingerprint density at radius 1 is 1.25 bits per heavy atom. The first-order chi connectivity index (χ1) is 9.54. The summed E-state index contributed by atoms with van der Waals surface area (Å²) in [5.74, 6) is 0.0306. The molecule has 1 aliphatic rings. The van der Waals surface area contributed by atoms with Gasteiger partial charge in [-0.3, -0.25) is 4.79 Å². The lowest BCUT2D eigenvalue weighted by Crippen LogP contribution is -2.13. The van der Waals surface area contributed by atoms with Gasteiger partial charge in [0.25, 0.3) is 0 Å². The van der Waals surface area contributed by atoms with Crippen LogP contribution in [0.4, 0.5) is 5.69 Å². The Morgan fingerprint density at radius 2 is 2.05 bits per heavy atom. The van der Waals surface area contributed by atoms with Crippen molar-refractivity contribution in [3.05, 3.63) is 61.7 Å². The lowest BCUT2D eigenvalue weighted by molar-refractivity contribution is -0.115. The highest BCUT2D eigenvalue weighted by atomic mass is 127. The summed E-state index contributed by atoms with van der Waals surface area (Å²) in [6, 6.07) is 11.3. The molecule has 2 aromatic carbocycles. The molecule has 3 N–H and O–H groups in total. The fraction of sp³-hybridized carbons (Fsp3) is 0.133. The van der Waals surface area contributed by atoms with Gasteiger partial charge in [0.1, 0.15) is 0 Å². The van der Waals surface area contributed by atoms with Gasteiger partial charge >= 0.3 is 0 Å². The van der Waals surface area contributed by atoms with E-state index in [2.05, 4.69) is 27.9 Å². The summed E-state index contributed by atoms with van der Waals surface area (Å²) in [6.07, 6.45) is 0.419. The number of halogens is 2. The third-order valence-corrected chi connectivity index (χ3v) is 4.62. The van der Waals surface area contributed by atoms with E-state index in [0.29, 0.717) is 11.4 Å². The number of nitrogens with two attached hydrogens (primary N) is 1. The summed E-state index contributed by atoms with van der Waals surface area (Å²) >= 11 is 8.30. The van der Waals surface area contributed by atoms with Crippen molar-refractivity contribution >= 4 is 45.8 Å². The maximum Gasteiger partial charge on any atom is 0.228 e. The first-order valence-electron chi connectivity index (χ1n) is 6.18. The number of amides is 1. The van der Waals surface area contributed by atoms with Crippen LogP contribution in [0, 0.1) is 3.57 Å². The molecule has 0 radical (unpaired) electrons. The Hall–Kier alpha value is -1.11. The molecule has 1 unspecified atom stereocenters. The first kappa shape index (κ1) is 13.9. The summed E-state index contributed by atoms with van der Waals surface area (Å²) in [6.45, 7) is 0. The highest BCUT2D eigenvalue weighted by molar-refractivity contribution is 14.1. The third-order valence-electron chi connectivity index (χ3n) is 3.41. The zero-order valence-corrected chi connectivity index (χ0v) is 13.4. The summed E-state index contributed by atoms with van der Waals surface area (Å²) in [5.41, 5.74) is 10.2. The van der Waals surface area contributed by atoms with Crippen molar-refractivity contribution in [2.24, 2.45) is 5.73 Å². The van der Waals surface area contributed by atoms with Crippen LogP contribution in [0.2, 0.25) is 5.02 Å². The molecule has 0 spiro atoms. The lowest BCUT2D eigenvalue weighted by Gasteiger charge is -2.16. The van der Waals surface area contributed by atoms with Crippen molar-refractivity contribution in [1.29, 1.82) is 0 Å². The van der Waals surface area contributed by atoms with Gasteiger partial charge in [0, 0.05) is 14.3 Å². The van der Waals surface area contributed by atoms with E-state index in [1.54, 1.807) is 0 Å². The average molecular weight is 399 g/mol. The molecule has 0 aliphatic carbocycles. The second kappa shape index (κ2) is 5.35. The minimum Gasteiger partial charge on any atom is -0.326 e. The van der Waals surface area contributed by atoms with Crippen molar-refractivity contribution in [3.63, 3.8) is 0 Å². The quantitative estimate of drug-likeness (QED) is 0.761. The fourth-order valence-electron chi connectivity index (χ4n) is 2.38. The van der Waals surface area contributed by atoms with Gasteiger partial charge in [0.15, 0.2) is 0 Å². The molecule has 0 fully saturated rings. The predicted molar refractivity (Wildman–Crippen MR) is 89.0 cm³/mol. The number of carbonyl (C=O) groups excluding carboxylic acids is 1. The highest BCUT2D eigenvalue weighted by Gasteiger charge is 2.20. The zero-order chi connectivity index (χ0) is 14.3. The lowest BCUT2D eigenvalue weighted by atomic mass is 9.97. The molecule has 2 aromatic rings. The molecular formula is C15H12ClIN2O. The molecule has 1 aliphatic heterocycles. The molecule has 20 heavy (non-hydrogen) atoms. The maximum absolute atomic E-state index is 11.4. The normalized spacial score (nSPS) is 14.8. The SMILES string of the molecule is NC(c1ccc2c(c1)CC(=O)N2)c1cc(Cl)ccc1I. The summed E-state index contributed by atoms with van der Waals surface area (Å²) in [5, 5.41) is 3.50. The van der Waals surface area contributed by atoms with Gasteiger partial charge in [-0.05, 0) is 63.5 Å². The number of anilines is 1. The van der Waals surface area contributed by atoms with Crippen LogP contribution in [0.5, 0.6) is 0 Å². The van der Waals surface area contributed by atoms with Crippen LogP contribution in [0.1, 0.15) is 22.7 Å². The van der Waals surface area contributed by atoms with Crippen LogP contribution >= 0.6 is 34.2 Å². The molecule has 102 valence electrons. The van der Waals surface area contributed by atoms with E-state index >= 15 is 0 Å². The molecule has 5 heteroatoms. The summed E-state index contributed by atoms with van der Waals surface area (Å²) in [4.78, 5) is 11.4. The van der Waals surface area contributed by atoms with E-state index in [-0.39, 0.29) is 11.9 Å². The second-order valence-corrected chi connectivity index (χ2v) is 6.38. The number of fused-ring (bicyclic) bond motifs is 1. The van der Waals surface area contributed by atoms with Crippen molar-refractivity contribution in [3.8, 4) is 0 Å². The molecule has 3 rings (SSSR count). The van der Waals surface area contributed by atoms with E-state index in [0.717, 1.165) is 25.9 Å². The third kappa shape index (κ3) is 2.55. The number of rotatable bonds is 2. The molecule has 0 saturated carbocycles. The van der Waals surface area contributed by atoms with Crippen molar-refractivity contribution < 1.29 is 4.79 Å². The molecule has 1 atom stereocenters. The van der Waals surface area contributed by atoms with Gasteiger partial charge in [-0.2, -0.15) is 0 Å². The van der Waals surface area contributed by atoms with Gasteiger partial charge < -0.3 is 11.1 Å². The minimum atomic E-state index is -0.249. The Kier molecular flexibility index (Phi) is 3.70. The van der Waals surface area contributed by atoms with Crippen LogP contribution in [0.25, 0.3) is 0 Å². The van der Waals surface area contributed by atoms with Gasteiger partial charge in [0.05, 0.1) is 12.5 Å². The number of carbonyl (C=O) groups is 1. The topological polar surface area (TPSA) is 55.1 Å². The molecule has 1 amide bonds. The van der Waals surface area contributed by atoms with Gasteiger partial charge in [-0.25, -0.2) is 0 Å². The molecule has 3 nitrogen and oxygen atoms in total. The van der Waals surface area contributed by atoms with Gasteiger partial charge in [0.2, 0.25) is 5.91 Å². The van der Waals surface area contributed by atoms with E-state index in [1.165, 1.54) is 0 Å². The number of nitrogens with one attached hydrogen (secondary N) is 1. The first-order valence-corrected chi connectivity index (χ1v) is 7.63. The summed E-state index contributed by atoms with van der Waals surface area (Å²) < 4.78 is 1.08. The summed E-state index contributed by atoms with van der Waals surface area (Å²) in [7, 11) is 0. The molecule has 0 saturated heterocycles. The van der Waals surface area contributed by atoms with E-state index in [9.17, 15) is 4.79 Å². The number of hydrogen-bond donors (Lipinski definition) is 2. The van der Waals surface area contributed by atoms with Gasteiger partial charge in [-0.1, -0.05) is 23.7 Å². The fourth-order valence-corrected chi connectivity index (χ4v) is 3.23. The van der Waals surface area contributed by atoms with Crippen LogP contribution in [-0.4, -0.2) is 5.91 Å². The molecule has 1 heterocycles. The monoisotopic (exact) mass is 398 g/mol. The number of hydrogen-bond acceptors (Lipinski definition) is 2. The van der Waals surface area contributed by atoms with E-state index < -0.39 is 0 Å². The zero-order valence-electron chi connectivity index (χ0n) is 10.5. The molecule has 0 aromatic heterocycles. The Balaban J connectivity index is 1.99. The van der Waals surface area contributed by atoms with Crippen molar-refractivity contribution in [2.45, 2.75) is 12.5 Å². The van der Waals surface area contributed by atoms with Crippen molar-refractivity contribution in [2.75, 3.05) is 5.32 Å². The second-order valence-electron chi connectivity index (χ2n) is 4.79. The van der Waals surface area contributed by atoms with E-state index in [4.69, 9.17) is 17.3 Å². The maximum atomic E-state index is 11.4. The van der Waals surface area contributed by atoms with E-state index in [1.807, 2.05) is 36.4 Å². The number of benzene rings is 2. The van der Waals surface area contributed by atoms with Crippen LogP contribution < -0.4 is 11.1 Å². The smallest absolute Gasteiger partial charge is 0.228 e. The predicted octanol–water partition coefficient (Wildman–Crippen LogP) is 3.49. The van der Waals surface area contributed by atoms with Crippen molar-refractivity contribution in [1.82, 2.24) is 0 Å². The van der Waals surface area contributed by atoms with Crippen LogP contribution in [0.15, 0.2) is 36.4 Å². The Labute approximate surface area is 135 Å². The standard InChI is InChI=1S/C15H12ClIN2O/c16-10-2-3-12(17)11(7-10)15(18)8-1-4-13-9(5-8)6-14(20)19-13/h1-5,7,15H,6,18H2,(H,19,20). The Morgan fingerprint density at radius 3 is 2.85 bits per heavy atom. The molecule has 0 bridgehead atoms. The Bertz CT molecular complexity index is 702. The van der Waals surface area contributed by atoms with Gasteiger partial charge in [-0.15, -0.1) is 0 Å².